The van der Waals surface area contributed by atoms with E-state index in [0.29, 0.717) is 5.56 Å². The summed E-state index contributed by atoms with van der Waals surface area (Å²) in [4.78, 5) is 11.0. The summed E-state index contributed by atoms with van der Waals surface area (Å²) >= 11 is 0. The van der Waals surface area contributed by atoms with Crippen molar-refractivity contribution in [2.75, 3.05) is 6.54 Å². The molecule has 106 valence electrons. The number of hydrogen-bond acceptors (Lipinski definition) is 3. The molecule has 0 aliphatic rings. The van der Waals surface area contributed by atoms with Crippen LogP contribution in [0.25, 0.3) is 0 Å². The molecule has 0 aliphatic heterocycles. The highest BCUT2D eigenvalue weighted by Crippen LogP contribution is 2.22. The summed E-state index contributed by atoms with van der Waals surface area (Å²) in [6, 6.07) is 4.70. The van der Waals surface area contributed by atoms with Gasteiger partial charge in [-0.05, 0) is 44.9 Å². The van der Waals surface area contributed by atoms with Gasteiger partial charge in [0.15, 0.2) is 0 Å². The molecule has 0 atom stereocenters. The Kier molecular flexibility index (Phi) is 4.70. The van der Waals surface area contributed by atoms with Gasteiger partial charge in [-0.3, -0.25) is 4.79 Å². The first-order valence-electron chi connectivity index (χ1n) is 5.97. The van der Waals surface area contributed by atoms with E-state index in [-0.39, 0.29) is 4.90 Å². The van der Waals surface area contributed by atoms with E-state index in [1.165, 1.54) is 0 Å². The smallest absolute Gasteiger partial charge is 0.318 e. The minimum atomic E-state index is -3.80. The topological polar surface area (TPSA) is 74.7 Å². The van der Waals surface area contributed by atoms with Crippen molar-refractivity contribution in [2.45, 2.75) is 38.6 Å². The van der Waals surface area contributed by atoms with Crippen molar-refractivity contribution in [1.82, 2.24) is 4.31 Å². The molecule has 1 aromatic carbocycles. The second-order valence-corrected chi connectivity index (χ2v) is 6.67. The number of carboxylic acids is 1. The van der Waals surface area contributed by atoms with E-state index in [1.54, 1.807) is 39.8 Å². The third-order valence-electron chi connectivity index (χ3n) is 2.80. The molecule has 0 amide bonds. The Morgan fingerprint density at radius 2 is 1.89 bits per heavy atom. The summed E-state index contributed by atoms with van der Waals surface area (Å²) in [6.45, 7) is 6.28. The van der Waals surface area contributed by atoms with E-state index in [4.69, 9.17) is 5.11 Å². The van der Waals surface area contributed by atoms with Crippen LogP contribution >= 0.6 is 0 Å². The lowest BCUT2D eigenvalue weighted by Crippen LogP contribution is -2.40. The van der Waals surface area contributed by atoms with Crippen molar-refractivity contribution in [3.8, 4) is 0 Å². The molecule has 0 fully saturated rings. The summed E-state index contributed by atoms with van der Waals surface area (Å²) < 4.78 is 26.1. The minimum absolute atomic E-state index is 0.169. The van der Waals surface area contributed by atoms with Gasteiger partial charge in [0.05, 0.1) is 4.90 Å². The molecule has 0 bridgehead atoms. The van der Waals surface area contributed by atoms with E-state index >= 15 is 0 Å². The van der Waals surface area contributed by atoms with Gasteiger partial charge < -0.3 is 5.11 Å². The number of hydrogen-bond donors (Lipinski definition) is 1. The molecule has 0 heterocycles. The van der Waals surface area contributed by atoms with E-state index in [0.717, 1.165) is 9.87 Å². The molecule has 1 aromatic rings. The predicted octanol–water partition coefficient (Wildman–Crippen LogP) is 1.79. The van der Waals surface area contributed by atoms with Gasteiger partial charge in [0.2, 0.25) is 10.0 Å². The molecule has 0 unspecified atom stereocenters. The molecule has 0 saturated carbocycles. The predicted molar refractivity (Wildman–Crippen MR) is 72.6 cm³/mol. The van der Waals surface area contributed by atoms with Gasteiger partial charge in [0.1, 0.15) is 6.54 Å². The van der Waals surface area contributed by atoms with Gasteiger partial charge in [-0.25, -0.2) is 8.42 Å². The van der Waals surface area contributed by atoms with Crippen LogP contribution in [0.2, 0.25) is 0 Å². The zero-order chi connectivity index (χ0) is 14.8. The zero-order valence-corrected chi connectivity index (χ0v) is 12.4. The van der Waals surface area contributed by atoms with Crippen LogP contribution in [0.1, 0.15) is 25.0 Å². The standard InChI is InChI=1S/C13H19NO4S/c1-9(2)14(8-13(15)16)19(17,18)12-7-10(3)5-6-11(12)4/h5-7,9H,8H2,1-4H3,(H,15,16). The van der Waals surface area contributed by atoms with Crippen molar-refractivity contribution < 1.29 is 18.3 Å². The van der Waals surface area contributed by atoms with Crippen LogP contribution in [0, 0.1) is 13.8 Å². The lowest BCUT2D eigenvalue weighted by atomic mass is 10.2. The lowest BCUT2D eigenvalue weighted by Gasteiger charge is -2.25. The number of carboxylic acid groups (broad SMARTS) is 1. The highest BCUT2D eigenvalue weighted by molar-refractivity contribution is 7.89. The van der Waals surface area contributed by atoms with Gasteiger partial charge in [0, 0.05) is 6.04 Å². The zero-order valence-electron chi connectivity index (χ0n) is 11.5. The molecule has 0 saturated heterocycles. The Labute approximate surface area is 113 Å². The van der Waals surface area contributed by atoms with Crippen LogP contribution in [-0.4, -0.2) is 36.4 Å². The number of rotatable bonds is 5. The molecule has 0 aliphatic carbocycles. The largest absolute Gasteiger partial charge is 0.480 e. The highest BCUT2D eigenvalue weighted by Gasteiger charge is 2.30. The molecule has 6 heteroatoms. The number of benzene rings is 1. The van der Waals surface area contributed by atoms with Crippen molar-refractivity contribution in [3.05, 3.63) is 29.3 Å². The lowest BCUT2D eigenvalue weighted by molar-refractivity contribution is -0.137. The normalized spacial score (nSPS) is 12.1. The van der Waals surface area contributed by atoms with Crippen LogP contribution in [0.5, 0.6) is 0 Å². The van der Waals surface area contributed by atoms with Crippen molar-refractivity contribution in [3.63, 3.8) is 0 Å². The third kappa shape index (κ3) is 3.54. The number of aliphatic carboxylic acids is 1. The Morgan fingerprint density at radius 3 is 2.37 bits per heavy atom. The van der Waals surface area contributed by atoms with Crippen LogP contribution in [0.4, 0.5) is 0 Å². The molecule has 0 spiro atoms. The number of aryl methyl sites for hydroxylation is 2. The fourth-order valence-electron chi connectivity index (χ4n) is 1.79. The van der Waals surface area contributed by atoms with Crippen LogP contribution < -0.4 is 0 Å². The van der Waals surface area contributed by atoms with Gasteiger partial charge in [-0.2, -0.15) is 4.31 Å². The van der Waals surface area contributed by atoms with Gasteiger partial charge in [-0.1, -0.05) is 12.1 Å². The summed E-state index contributed by atoms with van der Waals surface area (Å²) in [5.74, 6) is -1.16. The number of carbonyl (C=O) groups is 1. The van der Waals surface area contributed by atoms with E-state index < -0.39 is 28.6 Å². The van der Waals surface area contributed by atoms with Gasteiger partial charge >= 0.3 is 5.97 Å². The molecule has 1 rings (SSSR count). The molecule has 0 radical (unpaired) electrons. The maximum absolute atomic E-state index is 12.5. The maximum Gasteiger partial charge on any atom is 0.318 e. The summed E-state index contributed by atoms with van der Waals surface area (Å²) in [6.07, 6.45) is 0. The third-order valence-corrected chi connectivity index (χ3v) is 4.96. The maximum atomic E-state index is 12.5. The highest BCUT2D eigenvalue weighted by atomic mass is 32.2. The van der Waals surface area contributed by atoms with Crippen molar-refractivity contribution >= 4 is 16.0 Å². The van der Waals surface area contributed by atoms with E-state index in [2.05, 4.69) is 0 Å². The molecule has 1 N–H and O–H groups in total. The Balaban J connectivity index is 3.34. The Bertz CT molecular complexity index is 578. The second kappa shape index (κ2) is 5.71. The average Bonchev–Trinajstić information content (AvgIpc) is 2.28. The first-order valence-corrected chi connectivity index (χ1v) is 7.41. The minimum Gasteiger partial charge on any atom is -0.480 e. The average molecular weight is 285 g/mol. The molecular weight excluding hydrogens is 266 g/mol. The SMILES string of the molecule is Cc1ccc(C)c(S(=O)(=O)N(CC(=O)O)C(C)C)c1. The molecule has 19 heavy (non-hydrogen) atoms. The first-order chi connectivity index (χ1) is 8.66. The van der Waals surface area contributed by atoms with Crippen LogP contribution in [0.3, 0.4) is 0 Å². The van der Waals surface area contributed by atoms with Crippen LogP contribution in [-0.2, 0) is 14.8 Å². The summed E-state index contributed by atoms with van der Waals surface area (Å²) in [5.41, 5.74) is 1.44. The first kappa shape index (κ1) is 15.7. The molecular formula is C13H19NO4S. The summed E-state index contributed by atoms with van der Waals surface area (Å²) in [5, 5.41) is 8.86. The van der Waals surface area contributed by atoms with E-state index in [9.17, 15) is 13.2 Å². The van der Waals surface area contributed by atoms with Crippen LogP contribution in [0.15, 0.2) is 23.1 Å². The number of sulfonamides is 1. The summed E-state index contributed by atoms with van der Waals surface area (Å²) in [7, 11) is -3.80. The molecule has 5 nitrogen and oxygen atoms in total. The van der Waals surface area contributed by atoms with Gasteiger partial charge in [-0.15, -0.1) is 0 Å². The van der Waals surface area contributed by atoms with Crippen molar-refractivity contribution in [2.24, 2.45) is 0 Å². The second-order valence-electron chi connectivity index (χ2n) is 4.81. The van der Waals surface area contributed by atoms with Gasteiger partial charge in [0.25, 0.3) is 0 Å². The van der Waals surface area contributed by atoms with E-state index in [1.807, 2.05) is 6.07 Å². The monoisotopic (exact) mass is 285 g/mol. The molecule has 0 aromatic heterocycles. The Morgan fingerprint density at radius 1 is 1.32 bits per heavy atom. The van der Waals surface area contributed by atoms with Crippen molar-refractivity contribution in [1.29, 1.82) is 0 Å². The Hall–Kier alpha value is -1.40. The quantitative estimate of drug-likeness (QED) is 0.895. The number of nitrogens with zero attached hydrogens (tertiary/aromatic N) is 1. The fourth-order valence-corrected chi connectivity index (χ4v) is 3.69. The fraction of sp³-hybridized carbons (Fsp3) is 0.462.